The summed E-state index contributed by atoms with van der Waals surface area (Å²) < 4.78 is 12.0. The van der Waals surface area contributed by atoms with E-state index in [-0.39, 0.29) is 30.1 Å². The van der Waals surface area contributed by atoms with Crippen molar-refractivity contribution in [2.45, 2.75) is 45.5 Å². The van der Waals surface area contributed by atoms with E-state index >= 15 is 0 Å². The molecule has 0 heterocycles. The van der Waals surface area contributed by atoms with Crippen LogP contribution < -0.4 is 0 Å². The molecule has 2 aromatic carbocycles. The molecule has 1 aliphatic rings. The van der Waals surface area contributed by atoms with Crippen molar-refractivity contribution in [3.8, 4) is 0 Å². The number of methoxy groups -OCH3 is 1. The minimum atomic E-state index is 0.0220. The van der Waals surface area contributed by atoms with Crippen LogP contribution in [0, 0.1) is 11.3 Å². The molecule has 0 radical (unpaired) electrons. The van der Waals surface area contributed by atoms with Crippen LogP contribution >= 0.6 is 0 Å². The highest BCUT2D eigenvalue weighted by Gasteiger charge is 2.44. The van der Waals surface area contributed by atoms with E-state index in [0.29, 0.717) is 6.61 Å². The van der Waals surface area contributed by atoms with Crippen LogP contribution in [0.3, 0.4) is 0 Å². The molecular weight excluding hydrogens is 300 g/mol. The zero-order chi connectivity index (χ0) is 17.2. The first-order chi connectivity index (χ1) is 11.6. The summed E-state index contributed by atoms with van der Waals surface area (Å²) in [5.74, 6) is 0.0220. The predicted molar refractivity (Wildman–Crippen MR) is 96.9 cm³/mol. The monoisotopic (exact) mass is 328 g/mol. The van der Waals surface area contributed by atoms with Gasteiger partial charge in [-0.2, -0.15) is 0 Å². The Balaban J connectivity index is 1.76. The van der Waals surface area contributed by atoms with E-state index in [0.717, 1.165) is 12.8 Å². The molecule has 1 aliphatic carbocycles. The molecule has 24 heavy (non-hydrogen) atoms. The molecule has 0 bridgehead atoms. The quantitative estimate of drug-likeness (QED) is 0.895. The lowest BCUT2D eigenvalue weighted by Crippen LogP contribution is -2.50. The topological polar surface area (TPSA) is 38.7 Å². The first-order valence-corrected chi connectivity index (χ1v) is 8.78. The lowest BCUT2D eigenvalue weighted by Gasteiger charge is -2.46. The Morgan fingerprint density at radius 1 is 1.12 bits per heavy atom. The largest absolute Gasteiger partial charge is 0.396 e. The van der Waals surface area contributed by atoms with Gasteiger partial charge in [0.2, 0.25) is 0 Å². The Kier molecular flexibility index (Phi) is 5.24. The number of hydrogen-bond acceptors (Lipinski definition) is 3. The van der Waals surface area contributed by atoms with E-state index in [2.05, 4.69) is 56.3 Å². The number of benzene rings is 2. The maximum Gasteiger partial charge on any atom is 0.0726 e. The zero-order valence-corrected chi connectivity index (χ0v) is 14.9. The van der Waals surface area contributed by atoms with Gasteiger partial charge in [-0.3, -0.25) is 0 Å². The zero-order valence-electron chi connectivity index (χ0n) is 14.9. The number of rotatable bonds is 5. The fourth-order valence-corrected chi connectivity index (χ4v) is 4.17. The van der Waals surface area contributed by atoms with Crippen LogP contribution in [-0.4, -0.2) is 31.0 Å². The Hall–Kier alpha value is -1.42. The van der Waals surface area contributed by atoms with Gasteiger partial charge in [-0.25, -0.2) is 0 Å². The lowest BCUT2D eigenvalue weighted by atomic mass is 9.68. The minimum absolute atomic E-state index is 0.0220. The van der Waals surface area contributed by atoms with Crippen molar-refractivity contribution >= 4 is 10.8 Å². The number of hydrogen-bond donors (Lipinski definition) is 1. The normalized spacial score (nSPS) is 26.6. The third-order valence-corrected chi connectivity index (χ3v) is 5.51. The Bertz CT molecular complexity index is 674. The number of ether oxygens (including phenoxy) is 2. The molecule has 0 saturated heterocycles. The van der Waals surface area contributed by atoms with Gasteiger partial charge < -0.3 is 14.6 Å². The molecule has 1 fully saturated rings. The molecule has 2 aromatic rings. The van der Waals surface area contributed by atoms with Gasteiger partial charge >= 0.3 is 0 Å². The van der Waals surface area contributed by atoms with Gasteiger partial charge in [-0.1, -0.05) is 56.3 Å². The summed E-state index contributed by atoms with van der Waals surface area (Å²) in [6.07, 6.45) is 2.06. The molecule has 0 aliphatic heterocycles. The highest BCUT2D eigenvalue weighted by atomic mass is 16.5. The molecule has 3 nitrogen and oxygen atoms in total. The van der Waals surface area contributed by atoms with Gasteiger partial charge in [0.25, 0.3) is 0 Å². The van der Waals surface area contributed by atoms with Gasteiger partial charge in [0, 0.05) is 13.0 Å². The second-order valence-electron chi connectivity index (χ2n) is 7.52. The second-order valence-corrected chi connectivity index (χ2v) is 7.52. The molecule has 130 valence electrons. The molecular formula is C21H28O3. The fourth-order valence-electron chi connectivity index (χ4n) is 4.17. The molecule has 3 rings (SSSR count). The third-order valence-electron chi connectivity index (χ3n) is 5.51. The van der Waals surface area contributed by atoms with E-state index in [1.54, 1.807) is 7.11 Å². The molecule has 3 atom stereocenters. The number of fused-ring (bicyclic) bond motifs is 1. The summed E-state index contributed by atoms with van der Waals surface area (Å²) in [6.45, 7) is 5.09. The molecule has 0 aromatic heterocycles. The summed E-state index contributed by atoms with van der Waals surface area (Å²) in [7, 11) is 1.74. The molecule has 0 amide bonds. The van der Waals surface area contributed by atoms with Crippen molar-refractivity contribution in [2.24, 2.45) is 11.3 Å². The summed E-state index contributed by atoms with van der Waals surface area (Å²) in [5, 5.41) is 12.4. The maximum absolute atomic E-state index is 9.90. The molecule has 1 N–H and O–H groups in total. The van der Waals surface area contributed by atoms with Gasteiger partial charge in [0.15, 0.2) is 0 Å². The Morgan fingerprint density at radius 2 is 1.88 bits per heavy atom. The predicted octanol–water partition coefficient (Wildman–Crippen LogP) is 4.17. The standard InChI is InChI=1S/C21H28O3/c1-21(2)12-11-19(18(13-22)20(21)23-3)24-14-16-9-6-8-15-7-4-5-10-17(15)16/h4-10,18-20,22H,11-14H2,1-3H3/t18-,19+,20+/m0/s1. The highest BCUT2D eigenvalue weighted by Crippen LogP contribution is 2.42. The average molecular weight is 328 g/mol. The van der Waals surface area contributed by atoms with Crippen LogP contribution in [0.1, 0.15) is 32.3 Å². The van der Waals surface area contributed by atoms with E-state index in [4.69, 9.17) is 9.47 Å². The van der Waals surface area contributed by atoms with Crippen molar-refractivity contribution in [1.29, 1.82) is 0 Å². The van der Waals surface area contributed by atoms with Gasteiger partial charge in [0.05, 0.1) is 25.4 Å². The van der Waals surface area contributed by atoms with Crippen LogP contribution in [-0.2, 0) is 16.1 Å². The average Bonchev–Trinajstić information content (AvgIpc) is 2.59. The fraction of sp³-hybridized carbons (Fsp3) is 0.524. The first-order valence-electron chi connectivity index (χ1n) is 8.78. The van der Waals surface area contributed by atoms with Crippen molar-refractivity contribution < 1.29 is 14.6 Å². The first kappa shape index (κ1) is 17.4. The summed E-state index contributed by atoms with van der Waals surface area (Å²) >= 11 is 0. The van der Waals surface area contributed by atoms with Crippen molar-refractivity contribution in [1.82, 2.24) is 0 Å². The second kappa shape index (κ2) is 7.22. The van der Waals surface area contributed by atoms with Crippen molar-refractivity contribution in [3.05, 3.63) is 48.0 Å². The van der Waals surface area contributed by atoms with Gasteiger partial charge in [-0.15, -0.1) is 0 Å². The van der Waals surface area contributed by atoms with Gasteiger partial charge in [-0.05, 0) is 34.6 Å². The summed E-state index contributed by atoms with van der Waals surface area (Å²) in [6, 6.07) is 14.7. The van der Waals surface area contributed by atoms with E-state index < -0.39 is 0 Å². The van der Waals surface area contributed by atoms with Crippen LogP contribution in [0.5, 0.6) is 0 Å². The molecule has 0 unspecified atom stereocenters. The number of aliphatic hydroxyl groups is 1. The Labute approximate surface area is 144 Å². The summed E-state index contributed by atoms with van der Waals surface area (Å²) in [5.41, 5.74) is 1.27. The minimum Gasteiger partial charge on any atom is -0.396 e. The Morgan fingerprint density at radius 3 is 2.62 bits per heavy atom. The summed E-state index contributed by atoms with van der Waals surface area (Å²) in [4.78, 5) is 0. The SMILES string of the molecule is CO[C@@H]1[C@@H](CO)[C@H](OCc2cccc3ccccc23)CCC1(C)C. The maximum atomic E-state index is 9.90. The van der Waals surface area contributed by atoms with E-state index in [1.807, 2.05) is 0 Å². The van der Waals surface area contributed by atoms with Crippen LogP contribution in [0.4, 0.5) is 0 Å². The molecule has 3 heteroatoms. The third kappa shape index (κ3) is 3.34. The number of aliphatic hydroxyl groups excluding tert-OH is 1. The van der Waals surface area contributed by atoms with Gasteiger partial charge in [0.1, 0.15) is 0 Å². The lowest BCUT2D eigenvalue weighted by molar-refractivity contribution is -0.146. The van der Waals surface area contributed by atoms with E-state index in [1.165, 1.54) is 16.3 Å². The van der Waals surface area contributed by atoms with Crippen molar-refractivity contribution in [3.63, 3.8) is 0 Å². The molecule has 1 saturated carbocycles. The van der Waals surface area contributed by atoms with Crippen molar-refractivity contribution in [2.75, 3.05) is 13.7 Å². The van der Waals surface area contributed by atoms with Crippen LogP contribution in [0.2, 0.25) is 0 Å². The van der Waals surface area contributed by atoms with Crippen LogP contribution in [0.15, 0.2) is 42.5 Å². The highest BCUT2D eigenvalue weighted by molar-refractivity contribution is 5.85. The smallest absolute Gasteiger partial charge is 0.0726 e. The van der Waals surface area contributed by atoms with Crippen LogP contribution in [0.25, 0.3) is 10.8 Å². The molecule has 0 spiro atoms. The van der Waals surface area contributed by atoms with E-state index in [9.17, 15) is 5.11 Å².